The van der Waals surface area contributed by atoms with Crippen LogP contribution in [-0.4, -0.2) is 25.1 Å². The van der Waals surface area contributed by atoms with E-state index in [1.165, 1.54) is 5.56 Å². The van der Waals surface area contributed by atoms with Gasteiger partial charge in [-0.25, -0.2) is 0 Å². The number of carbonyl (C=O) groups excluding carboxylic acids is 1. The molecule has 0 heterocycles. The summed E-state index contributed by atoms with van der Waals surface area (Å²) in [6, 6.07) is 8.20. The summed E-state index contributed by atoms with van der Waals surface area (Å²) in [4.78, 5) is 12.0. The van der Waals surface area contributed by atoms with Crippen molar-refractivity contribution in [1.82, 2.24) is 5.32 Å². The Hall–Kier alpha value is -1.26. The van der Waals surface area contributed by atoms with E-state index in [-0.39, 0.29) is 30.3 Å². The van der Waals surface area contributed by atoms with Gasteiger partial charge >= 0.3 is 0 Å². The van der Waals surface area contributed by atoms with E-state index in [1.807, 2.05) is 24.3 Å². The Morgan fingerprint density at radius 1 is 1.32 bits per heavy atom. The minimum Gasteiger partial charge on any atom is -0.494 e. The molecule has 22 heavy (non-hydrogen) atoms. The normalized spacial score (nSPS) is 20.8. The van der Waals surface area contributed by atoms with Crippen molar-refractivity contribution in [3.63, 3.8) is 0 Å². The topological polar surface area (TPSA) is 64.3 Å². The van der Waals surface area contributed by atoms with Crippen LogP contribution in [0.4, 0.5) is 0 Å². The lowest BCUT2D eigenvalue weighted by Crippen LogP contribution is -2.38. The van der Waals surface area contributed by atoms with E-state index in [1.54, 1.807) is 0 Å². The van der Waals surface area contributed by atoms with Crippen LogP contribution in [0.25, 0.3) is 0 Å². The lowest BCUT2D eigenvalue weighted by molar-refractivity contribution is -0.126. The van der Waals surface area contributed by atoms with E-state index < -0.39 is 0 Å². The van der Waals surface area contributed by atoms with Gasteiger partial charge in [-0.1, -0.05) is 24.1 Å². The second kappa shape index (κ2) is 9.70. The number of ether oxygens (including phenoxy) is 1. The Kier molecular flexibility index (Phi) is 8.28. The molecule has 5 heteroatoms. The van der Waals surface area contributed by atoms with Crippen molar-refractivity contribution in [2.45, 2.75) is 45.1 Å². The minimum atomic E-state index is 0. The zero-order valence-corrected chi connectivity index (χ0v) is 14.0. The van der Waals surface area contributed by atoms with E-state index in [9.17, 15) is 4.79 Å². The average molecular weight is 327 g/mol. The van der Waals surface area contributed by atoms with Gasteiger partial charge in [0.25, 0.3) is 0 Å². The molecule has 1 fully saturated rings. The van der Waals surface area contributed by atoms with Gasteiger partial charge in [0.05, 0.1) is 6.61 Å². The van der Waals surface area contributed by atoms with E-state index >= 15 is 0 Å². The van der Waals surface area contributed by atoms with Crippen molar-refractivity contribution >= 4 is 18.3 Å². The van der Waals surface area contributed by atoms with Gasteiger partial charge in [-0.2, -0.15) is 0 Å². The third kappa shape index (κ3) is 6.24. The molecule has 3 N–H and O–H groups in total. The second-order valence-corrected chi connectivity index (χ2v) is 5.93. The zero-order chi connectivity index (χ0) is 15.1. The summed E-state index contributed by atoms with van der Waals surface area (Å²) in [7, 11) is 0. The molecule has 1 aliphatic rings. The number of aryl methyl sites for hydroxylation is 1. The number of nitrogens with one attached hydrogen (secondary N) is 1. The van der Waals surface area contributed by atoms with E-state index in [4.69, 9.17) is 10.5 Å². The molecule has 0 saturated heterocycles. The highest BCUT2D eigenvalue weighted by molar-refractivity contribution is 5.85. The Bertz CT molecular complexity index is 450. The molecule has 0 radical (unpaired) electrons. The maximum atomic E-state index is 12.0. The highest BCUT2D eigenvalue weighted by Gasteiger charge is 2.24. The highest BCUT2D eigenvalue weighted by Crippen LogP contribution is 2.23. The minimum absolute atomic E-state index is 0. The van der Waals surface area contributed by atoms with Crippen LogP contribution in [0.5, 0.6) is 5.75 Å². The molecule has 124 valence electrons. The molecular weight excluding hydrogens is 300 g/mol. The fraction of sp³-hybridized carbons (Fsp3) is 0.588. The van der Waals surface area contributed by atoms with Crippen molar-refractivity contribution in [2.24, 2.45) is 11.7 Å². The molecule has 2 unspecified atom stereocenters. The molecule has 4 nitrogen and oxygen atoms in total. The predicted molar refractivity (Wildman–Crippen MR) is 91.5 cm³/mol. The summed E-state index contributed by atoms with van der Waals surface area (Å²) >= 11 is 0. The SMILES string of the molecule is Cc1ccc(OCCCNC(=O)C2CCCC(N)C2)cc1.Cl. The van der Waals surface area contributed by atoms with Crippen LogP contribution >= 0.6 is 12.4 Å². The van der Waals surface area contributed by atoms with E-state index in [0.717, 1.165) is 37.9 Å². The summed E-state index contributed by atoms with van der Waals surface area (Å²) in [6.45, 7) is 3.33. The lowest BCUT2D eigenvalue weighted by atomic mass is 9.85. The van der Waals surface area contributed by atoms with Gasteiger partial charge in [0.2, 0.25) is 5.91 Å². The number of nitrogens with two attached hydrogens (primary N) is 1. The Morgan fingerprint density at radius 3 is 2.73 bits per heavy atom. The average Bonchev–Trinajstić information content (AvgIpc) is 2.48. The summed E-state index contributed by atoms with van der Waals surface area (Å²) in [6.07, 6.45) is 4.73. The van der Waals surface area contributed by atoms with Crippen molar-refractivity contribution < 1.29 is 9.53 Å². The Labute approximate surface area is 139 Å². The van der Waals surface area contributed by atoms with Crippen molar-refractivity contribution in [3.8, 4) is 5.75 Å². The van der Waals surface area contributed by atoms with Crippen LogP contribution in [-0.2, 0) is 4.79 Å². The van der Waals surface area contributed by atoms with Crippen LogP contribution in [0.2, 0.25) is 0 Å². The monoisotopic (exact) mass is 326 g/mol. The molecule has 2 rings (SSSR count). The number of amides is 1. The first-order valence-electron chi connectivity index (χ1n) is 7.88. The summed E-state index contributed by atoms with van der Waals surface area (Å²) in [5, 5.41) is 2.99. The third-order valence-corrected chi connectivity index (χ3v) is 4.00. The van der Waals surface area contributed by atoms with Crippen LogP contribution in [0, 0.1) is 12.8 Å². The van der Waals surface area contributed by atoms with E-state index in [0.29, 0.717) is 13.2 Å². The lowest BCUT2D eigenvalue weighted by Gasteiger charge is -2.25. The van der Waals surface area contributed by atoms with Crippen molar-refractivity contribution in [1.29, 1.82) is 0 Å². The van der Waals surface area contributed by atoms with Gasteiger partial charge in [0, 0.05) is 18.5 Å². The highest BCUT2D eigenvalue weighted by atomic mass is 35.5. The molecule has 1 saturated carbocycles. The Balaban J connectivity index is 0.00000242. The number of rotatable bonds is 6. The van der Waals surface area contributed by atoms with Gasteiger partial charge in [0.1, 0.15) is 5.75 Å². The van der Waals surface area contributed by atoms with Gasteiger partial charge in [-0.15, -0.1) is 12.4 Å². The number of hydrogen-bond donors (Lipinski definition) is 2. The van der Waals surface area contributed by atoms with Gasteiger partial charge < -0.3 is 15.8 Å². The zero-order valence-electron chi connectivity index (χ0n) is 13.2. The maximum absolute atomic E-state index is 12.0. The van der Waals surface area contributed by atoms with Crippen LogP contribution < -0.4 is 15.8 Å². The fourth-order valence-electron chi connectivity index (χ4n) is 2.72. The fourth-order valence-corrected chi connectivity index (χ4v) is 2.72. The quantitative estimate of drug-likeness (QED) is 0.790. The standard InChI is InChI=1S/C17H26N2O2.ClH/c1-13-6-8-16(9-7-13)21-11-3-10-19-17(20)14-4-2-5-15(18)12-14;/h6-9,14-15H,2-5,10-12,18H2,1H3,(H,19,20);1H. The van der Waals surface area contributed by atoms with E-state index in [2.05, 4.69) is 12.2 Å². The molecule has 1 amide bonds. The summed E-state index contributed by atoms with van der Waals surface area (Å²) in [5.74, 6) is 1.14. The molecule has 0 aromatic heterocycles. The smallest absolute Gasteiger partial charge is 0.223 e. The maximum Gasteiger partial charge on any atom is 0.223 e. The molecule has 1 aromatic rings. The summed E-state index contributed by atoms with van der Waals surface area (Å²) in [5.41, 5.74) is 7.14. The van der Waals surface area contributed by atoms with Crippen LogP contribution in [0.3, 0.4) is 0 Å². The summed E-state index contributed by atoms with van der Waals surface area (Å²) < 4.78 is 5.63. The number of hydrogen-bond acceptors (Lipinski definition) is 3. The van der Waals surface area contributed by atoms with Crippen molar-refractivity contribution in [2.75, 3.05) is 13.2 Å². The van der Waals surface area contributed by atoms with Crippen molar-refractivity contribution in [3.05, 3.63) is 29.8 Å². The van der Waals surface area contributed by atoms with Crippen LogP contribution in [0.15, 0.2) is 24.3 Å². The molecule has 1 aromatic carbocycles. The van der Waals surface area contributed by atoms with Crippen LogP contribution in [0.1, 0.15) is 37.7 Å². The first-order chi connectivity index (χ1) is 10.1. The molecule has 0 bridgehead atoms. The van der Waals surface area contributed by atoms with Gasteiger partial charge in [-0.05, 0) is 44.7 Å². The second-order valence-electron chi connectivity index (χ2n) is 5.93. The van der Waals surface area contributed by atoms with Gasteiger partial charge in [-0.3, -0.25) is 4.79 Å². The molecule has 0 aliphatic heterocycles. The molecule has 0 spiro atoms. The predicted octanol–water partition coefficient (Wildman–Crippen LogP) is 2.82. The third-order valence-electron chi connectivity index (χ3n) is 4.00. The number of benzene rings is 1. The number of halogens is 1. The first-order valence-corrected chi connectivity index (χ1v) is 7.88. The molecule has 1 aliphatic carbocycles. The molecule has 2 atom stereocenters. The largest absolute Gasteiger partial charge is 0.494 e. The van der Waals surface area contributed by atoms with Gasteiger partial charge in [0.15, 0.2) is 0 Å². The number of carbonyl (C=O) groups is 1. The first kappa shape index (κ1) is 18.8. The Morgan fingerprint density at radius 2 is 2.05 bits per heavy atom. The molecular formula is C17H27ClN2O2.